The fourth-order valence-corrected chi connectivity index (χ4v) is 4.25. The number of benzene rings is 1. The van der Waals surface area contributed by atoms with E-state index in [0.29, 0.717) is 13.1 Å². The molecule has 0 radical (unpaired) electrons. The van der Waals surface area contributed by atoms with Gasteiger partial charge in [0, 0.05) is 37.6 Å². The minimum absolute atomic E-state index is 0.0582. The average Bonchev–Trinajstić information content (AvgIpc) is 3.05. The molecule has 0 saturated carbocycles. The number of ether oxygens (including phenoxy) is 1. The van der Waals surface area contributed by atoms with Crippen molar-refractivity contribution in [3.63, 3.8) is 0 Å². The van der Waals surface area contributed by atoms with Crippen LogP contribution in [0.25, 0.3) is 0 Å². The molecule has 1 aliphatic heterocycles. The van der Waals surface area contributed by atoms with E-state index < -0.39 is 0 Å². The summed E-state index contributed by atoms with van der Waals surface area (Å²) in [5.41, 5.74) is 3.47. The van der Waals surface area contributed by atoms with Gasteiger partial charge >= 0.3 is 6.03 Å². The lowest BCUT2D eigenvalue weighted by molar-refractivity contribution is 0.0500. The van der Waals surface area contributed by atoms with Crippen molar-refractivity contribution in [2.45, 2.75) is 38.6 Å². The number of nitrogens with zero attached hydrogens (tertiary/aromatic N) is 2. The topological polar surface area (TPSA) is 54.5 Å². The van der Waals surface area contributed by atoms with E-state index in [0.717, 1.165) is 36.8 Å². The number of urea groups is 1. The largest absolute Gasteiger partial charge is 0.381 e. The van der Waals surface area contributed by atoms with E-state index in [1.807, 2.05) is 19.4 Å². The first-order valence-electron chi connectivity index (χ1n) is 9.04. The van der Waals surface area contributed by atoms with Crippen molar-refractivity contribution in [3.05, 3.63) is 51.5 Å². The van der Waals surface area contributed by atoms with Gasteiger partial charge in [-0.3, -0.25) is 0 Å². The number of carbonyl (C=O) groups excluding carboxylic acids is 1. The Morgan fingerprint density at radius 2 is 2.04 bits per heavy atom. The summed E-state index contributed by atoms with van der Waals surface area (Å²) in [5, 5.41) is 6.18. The standard InChI is InChI=1S/C20H27N3O2S/c1-15-6-4-5-7-18(15)20(8-10-25-11-9-20)14-21-19(24)23(3)12-17-13-26-16(2)22-17/h4-7,13H,8-12,14H2,1-3H3,(H,21,24). The molecule has 1 aromatic heterocycles. The van der Waals surface area contributed by atoms with Crippen LogP contribution in [0.5, 0.6) is 0 Å². The molecule has 140 valence electrons. The third kappa shape index (κ3) is 4.24. The number of nitrogens with one attached hydrogen (secondary N) is 1. The number of rotatable bonds is 5. The van der Waals surface area contributed by atoms with Crippen LogP contribution >= 0.6 is 11.3 Å². The van der Waals surface area contributed by atoms with Crippen molar-refractivity contribution in [3.8, 4) is 0 Å². The Bertz CT molecular complexity index is 753. The van der Waals surface area contributed by atoms with Crippen LogP contribution in [0.4, 0.5) is 4.79 Å². The summed E-state index contributed by atoms with van der Waals surface area (Å²) in [7, 11) is 1.81. The quantitative estimate of drug-likeness (QED) is 0.870. The highest BCUT2D eigenvalue weighted by atomic mass is 32.1. The minimum Gasteiger partial charge on any atom is -0.381 e. The van der Waals surface area contributed by atoms with E-state index in [1.165, 1.54) is 11.1 Å². The maximum absolute atomic E-state index is 12.6. The van der Waals surface area contributed by atoms with Gasteiger partial charge in [-0.2, -0.15) is 0 Å². The Balaban J connectivity index is 1.68. The Morgan fingerprint density at radius 1 is 1.31 bits per heavy atom. The van der Waals surface area contributed by atoms with Gasteiger partial charge in [0.05, 0.1) is 17.2 Å². The van der Waals surface area contributed by atoms with Crippen molar-refractivity contribution in [2.24, 2.45) is 0 Å². The van der Waals surface area contributed by atoms with Gasteiger partial charge in [0.2, 0.25) is 0 Å². The van der Waals surface area contributed by atoms with Gasteiger partial charge < -0.3 is 15.0 Å². The number of hydrogen-bond acceptors (Lipinski definition) is 4. The Hall–Kier alpha value is -1.92. The number of aromatic nitrogens is 1. The number of thiazole rings is 1. The van der Waals surface area contributed by atoms with Gasteiger partial charge in [-0.05, 0) is 37.8 Å². The summed E-state index contributed by atoms with van der Waals surface area (Å²) >= 11 is 1.61. The van der Waals surface area contributed by atoms with Gasteiger partial charge in [-0.25, -0.2) is 9.78 Å². The smallest absolute Gasteiger partial charge is 0.317 e. The van der Waals surface area contributed by atoms with Crippen molar-refractivity contribution in [1.29, 1.82) is 0 Å². The molecule has 1 aromatic carbocycles. The van der Waals surface area contributed by atoms with E-state index >= 15 is 0 Å². The Labute approximate surface area is 159 Å². The molecule has 2 aromatic rings. The van der Waals surface area contributed by atoms with E-state index in [4.69, 9.17) is 4.74 Å². The third-order valence-corrected chi connectivity index (χ3v) is 5.98. The molecule has 0 unspecified atom stereocenters. The molecule has 26 heavy (non-hydrogen) atoms. The highest BCUT2D eigenvalue weighted by Gasteiger charge is 2.36. The van der Waals surface area contributed by atoms with Crippen LogP contribution in [0.2, 0.25) is 0 Å². The maximum Gasteiger partial charge on any atom is 0.317 e. The molecule has 5 nitrogen and oxygen atoms in total. The normalized spacial score (nSPS) is 16.3. The first-order valence-corrected chi connectivity index (χ1v) is 9.92. The number of carbonyl (C=O) groups is 1. The molecule has 3 rings (SSSR count). The zero-order chi connectivity index (χ0) is 18.6. The van der Waals surface area contributed by atoms with Crippen molar-refractivity contribution in [1.82, 2.24) is 15.2 Å². The van der Waals surface area contributed by atoms with Crippen LogP contribution in [-0.2, 0) is 16.7 Å². The molecular weight excluding hydrogens is 346 g/mol. The summed E-state index contributed by atoms with van der Waals surface area (Å²) in [6.07, 6.45) is 1.85. The number of amides is 2. The fourth-order valence-electron chi connectivity index (χ4n) is 3.65. The molecule has 2 amide bonds. The minimum atomic E-state index is -0.0601. The second-order valence-corrected chi connectivity index (χ2v) is 8.14. The average molecular weight is 374 g/mol. The van der Waals surface area contributed by atoms with Crippen molar-refractivity contribution in [2.75, 3.05) is 26.8 Å². The summed E-state index contributed by atoms with van der Waals surface area (Å²) in [6, 6.07) is 8.42. The first-order chi connectivity index (χ1) is 12.5. The maximum atomic E-state index is 12.6. The number of aryl methyl sites for hydroxylation is 2. The zero-order valence-corrected chi connectivity index (χ0v) is 16.6. The number of hydrogen-bond donors (Lipinski definition) is 1. The second-order valence-electron chi connectivity index (χ2n) is 7.08. The van der Waals surface area contributed by atoms with Crippen LogP contribution in [0.15, 0.2) is 29.6 Å². The molecule has 6 heteroatoms. The van der Waals surface area contributed by atoms with Gasteiger partial charge in [-0.15, -0.1) is 11.3 Å². The van der Waals surface area contributed by atoms with E-state index in [1.54, 1.807) is 16.2 Å². The van der Waals surface area contributed by atoms with E-state index in [2.05, 4.69) is 41.5 Å². The Kier molecular flexibility index (Phi) is 5.94. The molecule has 0 aliphatic carbocycles. The van der Waals surface area contributed by atoms with Gasteiger partial charge in [0.1, 0.15) is 0 Å². The molecule has 2 heterocycles. The summed E-state index contributed by atoms with van der Waals surface area (Å²) in [4.78, 5) is 18.7. The molecule has 1 aliphatic rings. The molecule has 0 spiro atoms. The SMILES string of the molecule is Cc1nc(CN(C)C(=O)NCC2(c3ccccc3C)CCOCC2)cs1. The highest BCUT2D eigenvalue weighted by Crippen LogP contribution is 2.36. The van der Waals surface area contributed by atoms with Crippen LogP contribution in [0.3, 0.4) is 0 Å². The lowest BCUT2D eigenvalue weighted by Crippen LogP contribution is -2.47. The van der Waals surface area contributed by atoms with Gasteiger partial charge in [-0.1, -0.05) is 24.3 Å². The van der Waals surface area contributed by atoms with Crippen LogP contribution in [-0.4, -0.2) is 42.7 Å². The summed E-state index contributed by atoms with van der Waals surface area (Å²) < 4.78 is 5.59. The van der Waals surface area contributed by atoms with E-state index in [-0.39, 0.29) is 11.4 Å². The Morgan fingerprint density at radius 3 is 2.69 bits per heavy atom. The molecule has 1 N–H and O–H groups in total. The van der Waals surface area contributed by atoms with Crippen LogP contribution < -0.4 is 5.32 Å². The van der Waals surface area contributed by atoms with Crippen LogP contribution in [0, 0.1) is 13.8 Å². The molecule has 1 saturated heterocycles. The fraction of sp³-hybridized carbons (Fsp3) is 0.500. The summed E-state index contributed by atoms with van der Waals surface area (Å²) in [6.45, 7) is 6.74. The monoisotopic (exact) mass is 373 g/mol. The lowest BCUT2D eigenvalue weighted by Gasteiger charge is -2.39. The molecule has 1 fully saturated rings. The third-order valence-electron chi connectivity index (χ3n) is 5.16. The van der Waals surface area contributed by atoms with Crippen molar-refractivity contribution < 1.29 is 9.53 Å². The summed E-state index contributed by atoms with van der Waals surface area (Å²) in [5.74, 6) is 0. The van der Waals surface area contributed by atoms with E-state index in [9.17, 15) is 4.79 Å². The highest BCUT2D eigenvalue weighted by molar-refractivity contribution is 7.09. The van der Waals surface area contributed by atoms with Crippen molar-refractivity contribution >= 4 is 17.4 Å². The second kappa shape index (κ2) is 8.18. The van der Waals surface area contributed by atoms with Gasteiger partial charge in [0.25, 0.3) is 0 Å². The lowest BCUT2D eigenvalue weighted by atomic mass is 9.72. The first kappa shape index (κ1) is 18.9. The van der Waals surface area contributed by atoms with Gasteiger partial charge in [0.15, 0.2) is 0 Å². The van der Waals surface area contributed by atoms with Crippen LogP contribution in [0.1, 0.15) is 34.7 Å². The molecule has 0 atom stereocenters. The predicted octanol–water partition coefficient (Wildman–Crippen LogP) is 3.65. The predicted molar refractivity (Wildman–Crippen MR) is 105 cm³/mol. The molecular formula is C20H27N3O2S. The molecule has 0 bridgehead atoms. The zero-order valence-electron chi connectivity index (χ0n) is 15.7.